The fraction of sp³-hybridized carbons (Fsp3) is 0.625. The number of alkyl halides is 1. The van der Waals surface area contributed by atoms with Crippen molar-refractivity contribution in [3.05, 3.63) is 29.3 Å². The van der Waals surface area contributed by atoms with Crippen LogP contribution >= 0.6 is 11.6 Å². The number of hydrogen-bond donors (Lipinski definition) is 0. The molecule has 3 rings (SSSR count). The van der Waals surface area contributed by atoms with E-state index in [4.69, 9.17) is 21.1 Å². The van der Waals surface area contributed by atoms with Crippen LogP contribution in [0.2, 0.25) is 0 Å². The molecule has 0 spiro atoms. The molecule has 2 aliphatic rings. The zero-order valence-corrected chi connectivity index (χ0v) is 12.2. The number of hydrogen-bond acceptors (Lipinski definition) is 2. The molecule has 1 fully saturated rings. The maximum Gasteiger partial charge on any atom is 0.122 e. The first-order valence-corrected chi connectivity index (χ1v) is 7.74. The Morgan fingerprint density at radius 2 is 2.26 bits per heavy atom. The minimum atomic E-state index is 0.0553. The van der Waals surface area contributed by atoms with E-state index in [9.17, 15) is 0 Å². The number of rotatable bonds is 3. The second kappa shape index (κ2) is 5.72. The quantitative estimate of drug-likeness (QED) is 0.776. The Morgan fingerprint density at radius 3 is 3.11 bits per heavy atom. The summed E-state index contributed by atoms with van der Waals surface area (Å²) < 4.78 is 11.4. The molecule has 0 amide bonds. The fourth-order valence-corrected chi connectivity index (χ4v) is 3.64. The Hall–Kier alpha value is -0.730. The van der Waals surface area contributed by atoms with Crippen LogP contribution in [-0.4, -0.2) is 19.3 Å². The summed E-state index contributed by atoms with van der Waals surface area (Å²) in [5, 5.41) is 0.0553. The van der Waals surface area contributed by atoms with Crippen LogP contribution in [-0.2, 0) is 11.2 Å². The summed E-state index contributed by atoms with van der Waals surface area (Å²) >= 11 is 6.71. The number of fused-ring (bicyclic) bond motifs is 1. The number of aryl methyl sites for hydroxylation is 1. The van der Waals surface area contributed by atoms with Gasteiger partial charge in [-0.15, -0.1) is 11.6 Å². The molecule has 1 aromatic rings. The van der Waals surface area contributed by atoms with Gasteiger partial charge in [-0.25, -0.2) is 0 Å². The summed E-state index contributed by atoms with van der Waals surface area (Å²) in [6.45, 7) is 3.86. The van der Waals surface area contributed by atoms with Gasteiger partial charge in [-0.1, -0.05) is 19.1 Å². The van der Waals surface area contributed by atoms with E-state index in [1.54, 1.807) is 0 Å². The lowest BCUT2D eigenvalue weighted by Gasteiger charge is -2.24. The van der Waals surface area contributed by atoms with Crippen molar-refractivity contribution >= 4 is 11.6 Å². The molecule has 3 unspecified atom stereocenters. The molecule has 2 heterocycles. The lowest BCUT2D eigenvalue weighted by Crippen LogP contribution is -2.19. The van der Waals surface area contributed by atoms with Gasteiger partial charge in [0.25, 0.3) is 0 Å². The minimum absolute atomic E-state index is 0.0553. The van der Waals surface area contributed by atoms with Crippen LogP contribution < -0.4 is 4.74 Å². The summed E-state index contributed by atoms with van der Waals surface area (Å²) in [7, 11) is 0. The van der Waals surface area contributed by atoms with Gasteiger partial charge in [0.2, 0.25) is 0 Å². The SMILES string of the molecule is CCC1OCCC1C(Cl)c1ccc2c(c1)CCCO2. The molecule has 3 heteroatoms. The average Bonchev–Trinajstić information content (AvgIpc) is 2.94. The largest absolute Gasteiger partial charge is 0.493 e. The second-order valence-electron chi connectivity index (χ2n) is 5.49. The predicted molar refractivity (Wildman–Crippen MR) is 77.0 cm³/mol. The van der Waals surface area contributed by atoms with E-state index in [0.29, 0.717) is 12.0 Å². The molecule has 104 valence electrons. The number of halogens is 1. The van der Waals surface area contributed by atoms with Gasteiger partial charge in [-0.2, -0.15) is 0 Å². The van der Waals surface area contributed by atoms with Crippen LogP contribution in [0, 0.1) is 5.92 Å². The third-order valence-electron chi connectivity index (χ3n) is 4.29. The molecule has 19 heavy (non-hydrogen) atoms. The number of ether oxygens (including phenoxy) is 2. The monoisotopic (exact) mass is 280 g/mol. The number of benzene rings is 1. The lowest BCUT2D eigenvalue weighted by molar-refractivity contribution is 0.0864. The van der Waals surface area contributed by atoms with Gasteiger partial charge in [0, 0.05) is 12.5 Å². The molecule has 0 saturated carbocycles. The van der Waals surface area contributed by atoms with Crippen molar-refractivity contribution in [1.82, 2.24) is 0 Å². The van der Waals surface area contributed by atoms with Crippen LogP contribution in [0.15, 0.2) is 18.2 Å². The highest BCUT2D eigenvalue weighted by Crippen LogP contribution is 2.40. The van der Waals surface area contributed by atoms with Gasteiger partial charge in [0.1, 0.15) is 5.75 Å². The smallest absolute Gasteiger partial charge is 0.122 e. The lowest BCUT2D eigenvalue weighted by atomic mass is 9.90. The molecule has 0 aliphatic carbocycles. The van der Waals surface area contributed by atoms with Gasteiger partial charge in [0.05, 0.1) is 18.1 Å². The second-order valence-corrected chi connectivity index (χ2v) is 5.96. The third kappa shape index (κ3) is 2.61. The van der Waals surface area contributed by atoms with Crippen molar-refractivity contribution in [3.63, 3.8) is 0 Å². The van der Waals surface area contributed by atoms with Gasteiger partial charge >= 0.3 is 0 Å². The molecule has 1 saturated heterocycles. The zero-order valence-electron chi connectivity index (χ0n) is 11.4. The zero-order chi connectivity index (χ0) is 13.2. The molecule has 0 N–H and O–H groups in total. The van der Waals surface area contributed by atoms with E-state index in [1.165, 1.54) is 11.1 Å². The fourth-order valence-electron chi connectivity index (χ4n) is 3.22. The van der Waals surface area contributed by atoms with Crippen molar-refractivity contribution in [2.75, 3.05) is 13.2 Å². The van der Waals surface area contributed by atoms with Gasteiger partial charge in [-0.05, 0) is 42.9 Å². The molecule has 1 aromatic carbocycles. The Labute approximate surface area is 120 Å². The summed E-state index contributed by atoms with van der Waals surface area (Å²) in [5.41, 5.74) is 2.53. The average molecular weight is 281 g/mol. The van der Waals surface area contributed by atoms with Crippen LogP contribution in [0.25, 0.3) is 0 Å². The highest BCUT2D eigenvalue weighted by Gasteiger charge is 2.33. The minimum Gasteiger partial charge on any atom is -0.493 e. The van der Waals surface area contributed by atoms with Gasteiger partial charge < -0.3 is 9.47 Å². The van der Waals surface area contributed by atoms with E-state index in [2.05, 4.69) is 25.1 Å². The Bertz CT molecular complexity index is 446. The highest BCUT2D eigenvalue weighted by atomic mass is 35.5. The van der Waals surface area contributed by atoms with E-state index in [0.717, 1.165) is 44.6 Å². The first-order valence-electron chi connectivity index (χ1n) is 7.31. The van der Waals surface area contributed by atoms with E-state index < -0.39 is 0 Å². The maximum absolute atomic E-state index is 6.71. The van der Waals surface area contributed by atoms with Crippen molar-refractivity contribution in [2.24, 2.45) is 5.92 Å². The first kappa shape index (κ1) is 13.3. The van der Waals surface area contributed by atoms with Crippen LogP contribution in [0.5, 0.6) is 5.75 Å². The normalized spacial score (nSPS) is 27.7. The van der Waals surface area contributed by atoms with Crippen molar-refractivity contribution in [2.45, 2.75) is 44.1 Å². The maximum atomic E-state index is 6.71. The van der Waals surface area contributed by atoms with Crippen LogP contribution in [0.1, 0.15) is 42.7 Å². The molecule has 0 aromatic heterocycles. The van der Waals surface area contributed by atoms with Crippen molar-refractivity contribution in [3.8, 4) is 5.75 Å². The van der Waals surface area contributed by atoms with Gasteiger partial charge in [-0.3, -0.25) is 0 Å². The molecule has 3 atom stereocenters. The van der Waals surface area contributed by atoms with Crippen LogP contribution in [0.3, 0.4) is 0 Å². The highest BCUT2D eigenvalue weighted by molar-refractivity contribution is 6.21. The Kier molecular flexibility index (Phi) is 3.99. The summed E-state index contributed by atoms with van der Waals surface area (Å²) in [6, 6.07) is 6.43. The summed E-state index contributed by atoms with van der Waals surface area (Å²) in [6.07, 6.45) is 4.63. The standard InChI is InChI=1S/C16H21ClO2/c1-2-14-13(7-9-19-14)16(17)12-5-6-15-11(10-12)4-3-8-18-15/h5-6,10,13-14,16H,2-4,7-9H2,1H3. The predicted octanol–water partition coefficient (Wildman–Crippen LogP) is 4.11. The first-order chi connectivity index (χ1) is 9.29. The molecule has 2 nitrogen and oxygen atoms in total. The molecule has 2 aliphatic heterocycles. The van der Waals surface area contributed by atoms with E-state index in [1.807, 2.05) is 0 Å². The van der Waals surface area contributed by atoms with Crippen molar-refractivity contribution in [1.29, 1.82) is 0 Å². The molecular formula is C16H21ClO2. The van der Waals surface area contributed by atoms with E-state index >= 15 is 0 Å². The van der Waals surface area contributed by atoms with Crippen LogP contribution in [0.4, 0.5) is 0 Å². The van der Waals surface area contributed by atoms with Crippen molar-refractivity contribution < 1.29 is 9.47 Å². The van der Waals surface area contributed by atoms with Gasteiger partial charge in [0.15, 0.2) is 0 Å². The topological polar surface area (TPSA) is 18.5 Å². The third-order valence-corrected chi connectivity index (χ3v) is 4.87. The molecule has 0 bridgehead atoms. The Balaban J connectivity index is 1.81. The Morgan fingerprint density at radius 1 is 1.37 bits per heavy atom. The summed E-state index contributed by atoms with van der Waals surface area (Å²) in [5.74, 6) is 1.47. The van der Waals surface area contributed by atoms with E-state index in [-0.39, 0.29) is 5.38 Å². The molecular weight excluding hydrogens is 260 g/mol. The molecule has 0 radical (unpaired) electrons. The summed E-state index contributed by atoms with van der Waals surface area (Å²) in [4.78, 5) is 0.